The summed E-state index contributed by atoms with van der Waals surface area (Å²) in [5, 5.41) is 9.40. The third kappa shape index (κ3) is 7.48. The van der Waals surface area contributed by atoms with E-state index in [0.29, 0.717) is 25.6 Å². The number of halogens is 4. The molecule has 0 atom stereocenters. The lowest BCUT2D eigenvalue weighted by Gasteiger charge is -2.11. The molecule has 0 bridgehead atoms. The molecule has 2 aromatic rings. The summed E-state index contributed by atoms with van der Waals surface area (Å²) in [6, 6.07) is 5.06. The predicted molar refractivity (Wildman–Crippen MR) is 110 cm³/mol. The normalized spacial score (nSPS) is 11.8. The van der Waals surface area contributed by atoms with E-state index in [0.717, 1.165) is 34.8 Å². The summed E-state index contributed by atoms with van der Waals surface area (Å²) in [5.41, 5.74) is 1.11. The summed E-state index contributed by atoms with van der Waals surface area (Å²) in [5.74, 6) is 0.634. The van der Waals surface area contributed by atoms with Crippen LogP contribution in [0.15, 0.2) is 34.6 Å². The number of guanidine groups is 1. The summed E-state index contributed by atoms with van der Waals surface area (Å²) in [6.45, 7) is 5.62. The number of rotatable bonds is 6. The maximum atomic E-state index is 12.6. The number of thiazole rings is 1. The lowest BCUT2D eigenvalue weighted by atomic mass is 10.1. The zero-order valence-electron chi connectivity index (χ0n) is 14.6. The van der Waals surface area contributed by atoms with Gasteiger partial charge in [-0.1, -0.05) is 12.1 Å². The van der Waals surface area contributed by atoms with E-state index in [-0.39, 0.29) is 24.0 Å². The first-order valence-electron chi connectivity index (χ1n) is 7.98. The highest BCUT2D eigenvalue weighted by molar-refractivity contribution is 14.0. The van der Waals surface area contributed by atoms with Crippen molar-refractivity contribution in [3.8, 4) is 0 Å². The highest BCUT2D eigenvalue weighted by Crippen LogP contribution is 2.29. The van der Waals surface area contributed by atoms with Gasteiger partial charge in [-0.2, -0.15) is 13.2 Å². The summed E-state index contributed by atoms with van der Waals surface area (Å²) >= 11 is 1.62. The number of aromatic nitrogens is 1. The molecule has 1 aromatic heterocycles. The number of aliphatic imine (C=N–C) groups is 1. The fraction of sp³-hybridized carbons (Fsp3) is 0.412. The highest BCUT2D eigenvalue weighted by atomic mass is 127. The first-order valence-corrected chi connectivity index (χ1v) is 8.85. The molecule has 9 heteroatoms. The van der Waals surface area contributed by atoms with Gasteiger partial charge in [0.15, 0.2) is 5.96 Å². The molecular weight excluding hydrogens is 476 g/mol. The largest absolute Gasteiger partial charge is 0.416 e. The van der Waals surface area contributed by atoms with E-state index in [1.54, 1.807) is 11.3 Å². The minimum absolute atomic E-state index is 0. The van der Waals surface area contributed by atoms with Gasteiger partial charge in [-0.25, -0.2) is 9.98 Å². The summed E-state index contributed by atoms with van der Waals surface area (Å²) < 4.78 is 37.7. The molecule has 0 saturated heterocycles. The van der Waals surface area contributed by atoms with Crippen molar-refractivity contribution in [1.82, 2.24) is 15.6 Å². The standard InChI is InChI=1S/C17H21F3N4S.HI/c1-3-21-16(22-9-8-15-11-25-12(2)24-15)23-10-13-4-6-14(7-5-13)17(18,19)20;/h4-7,11H,3,8-10H2,1-2H3,(H2,21,22,23);1H. The average molecular weight is 498 g/mol. The Hall–Kier alpha value is -1.36. The second-order valence-electron chi connectivity index (χ2n) is 5.42. The van der Waals surface area contributed by atoms with Gasteiger partial charge in [0.25, 0.3) is 0 Å². The molecule has 1 heterocycles. The SMILES string of the molecule is CCNC(=NCc1ccc(C(F)(F)F)cc1)NCCc1csc(C)n1.I. The second-order valence-corrected chi connectivity index (χ2v) is 6.49. The molecule has 2 N–H and O–H groups in total. The van der Waals surface area contributed by atoms with Crippen LogP contribution in [-0.2, 0) is 19.1 Å². The molecule has 0 unspecified atom stereocenters. The van der Waals surface area contributed by atoms with Gasteiger partial charge in [0.2, 0.25) is 0 Å². The van der Waals surface area contributed by atoms with Gasteiger partial charge in [0.1, 0.15) is 0 Å². The van der Waals surface area contributed by atoms with E-state index in [1.807, 2.05) is 19.2 Å². The van der Waals surface area contributed by atoms with Gasteiger partial charge in [0.05, 0.1) is 22.8 Å². The van der Waals surface area contributed by atoms with Gasteiger partial charge in [0, 0.05) is 24.9 Å². The number of nitrogens with one attached hydrogen (secondary N) is 2. The van der Waals surface area contributed by atoms with Crippen molar-refractivity contribution in [3.05, 3.63) is 51.5 Å². The molecule has 0 aliphatic rings. The van der Waals surface area contributed by atoms with Crippen molar-refractivity contribution in [1.29, 1.82) is 0 Å². The van der Waals surface area contributed by atoms with Crippen molar-refractivity contribution in [2.24, 2.45) is 4.99 Å². The van der Waals surface area contributed by atoms with Crippen LogP contribution in [0, 0.1) is 6.92 Å². The van der Waals surface area contributed by atoms with Crippen LogP contribution in [0.1, 0.15) is 28.8 Å². The molecule has 0 fully saturated rings. The first-order chi connectivity index (χ1) is 11.9. The van der Waals surface area contributed by atoms with Gasteiger partial charge in [-0.3, -0.25) is 0 Å². The van der Waals surface area contributed by atoms with Gasteiger partial charge < -0.3 is 10.6 Å². The van der Waals surface area contributed by atoms with E-state index in [9.17, 15) is 13.2 Å². The minimum atomic E-state index is -4.31. The van der Waals surface area contributed by atoms with Crippen LogP contribution in [-0.4, -0.2) is 24.0 Å². The molecule has 4 nitrogen and oxygen atoms in total. The molecule has 26 heavy (non-hydrogen) atoms. The van der Waals surface area contributed by atoms with Crippen LogP contribution in [0.3, 0.4) is 0 Å². The first kappa shape index (κ1) is 22.7. The van der Waals surface area contributed by atoms with Gasteiger partial charge in [-0.15, -0.1) is 35.3 Å². The molecule has 144 valence electrons. The molecule has 0 amide bonds. The Morgan fingerprint density at radius 3 is 2.42 bits per heavy atom. The van der Waals surface area contributed by atoms with E-state index in [1.165, 1.54) is 12.1 Å². The molecule has 0 aliphatic carbocycles. The van der Waals surface area contributed by atoms with Crippen molar-refractivity contribution < 1.29 is 13.2 Å². The average Bonchev–Trinajstić information content (AvgIpc) is 2.97. The van der Waals surface area contributed by atoms with Crippen LogP contribution >= 0.6 is 35.3 Å². The van der Waals surface area contributed by atoms with Crippen molar-refractivity contribution in [2.75, 3.05) is 13.1 Å². The number of hydrogen-bond acceptors (Lipinski definition) is 3. The van der Waals surface area contributed by atoms with Crippen LogP contribution in [0.25, 0.3) is 0 Å². The van der Waals surface area contributed by atoms with Crippen LogP contribution < -0.4 is 10.6 Å². The zero-order chi connectivity index (χ0) is 18.3. The fourth-order valence-corrected chi connectivity index (χ4v) is 2.79. The Balaban J connectivity index is 0.00000338. The molecule has 0 spiro atoms. The molecular formula is C17H22F3IN4S. The quantitative estimate of drug-likeness (QED) is 0.353. The van der Waals surface area contributed by atoms with Gasteiger partial charge >= 0.3 is 6.18 Å². The van der Waals surface area contributed by atoms with Crippen molar-refractivity contribution in [2.45, 2.75) is 33.0 Å². The predicted octanol–water partition coefficient (Wildman–Crippen LogP) is 4.39. The number of alkyl halides is 3. The zero-order valence-corrected chi connectivity index (χ0v) is 17.7. The molecule has 1 aromatic carbocycles. The summed E-state index contributed by atoms with van der Waals surface area (Å²) in [6.07, 6.45) is -3.53. The lowest BCUT2D eigenvalue weighted by Crippen LogP contribution is -2.38. The maximum Gasteiger partial charge on any atom is 0.416 e. The van der Waals surface area contributed by atoms with Crippen LogP contribution in [0.4, 0.5) is 13.2 Å². The Morgan fingerprint density at radius 2 is 1.88 bits per heavy atom. The number of nitrogens with zero attached hydrogens (tertiary/aromatic N) is 2. The van der Waals surface area contributed by atoms with E-state index >= 15 is 0 Å². The van der Waals surface area contributed by atoms with Gasteiger partial charge in [-0.05, 0) is 31.5 Å². The topological polar surface area (TPSA) is 49.3 Å². The van der Waals surface area contributed by atoms with E-state index in [4.69, 9.17) is 0 Å². The fourth-order valence-electron chi connectivity index (χ4n) is 2.14. The Kier molecular flexibility index (Phi) is 9.34. The van der Waals surface area contributed by atoms with E-state index < -0.39 is 11.7 Å². The number of aryl methyl sites for hydroxylation is 1. The van der Waals surface area contributed by atoms with Crippen molar-refractivity contribution >= 4 is 41.3 Å². The van der Waals surface area contributed by atoms with Crippen LogP contribution in [0.2, 0.25) is 0 Å². The Labute approximate surface area is 172 Å². The number of benzene rings is 1. The maximum absolute atomic E-state index is 12.6. The molecule has 0 aliphatic heterocycles. The molecule has 0 radical (unpaired) electrons. The molecule has 0 saturated carbocycles. The third-order valence-electron chi connectivity index (χ3n) is 3.39. The number of hydrogen-bond donors (Lipinski definition) is 2. The van der Waals surface area contributed by atoms with Crippen LogP contribution in [0.5, 0.6) is 0 Å². The summed E-state index contributed by atoms with van der Waals surface area (Å²) in [4.78, 5) is 8.81. The lowest BCUT2D eigenvalue weighted by molar-refractivity contribution is -0.137. The monoisotopic (exact) mass is 498 g/mol. The molecule has 2 rings (SSSR count). The van der Waals surface area contributed by atoms with E-state index in [2.05, 4.69) is 20.6 Å². The second kappa shape index (κ2) is 10.7. The Bertz CT molecular complexity index is 699. The van der Waals surface area contributed by atoms with Crippen molar-refractivity contribution in [3.63, 3.8) is 0 Å². The Morgan fingerprint density at radius 1 is 1.19 bits per heavy atom. The highest BCUT2D eigenvalue weighted by Gasteiger charge is 2.29. The minimum Gasteiger partial charge on any atom is -0.357 e. The third-order valence-corrected chi connectivity index (χ3v) is 4.21. The summed E-state index contributed by atoms with van der Waals surface area (Å²) in [7, 11) is 0. The smallest absolute Gasteiger partial charge is 0.357 e.